The van der Waals surface area contributed by atoms with Gasteiger partial charge in [0.2, 0.25) is 5.89 Å². The van der Waals surface area contributed by atoms with Crippen LogP contribution < -0.4 is 4.74 Å². The van der Waals surface area contributed by atoms with Crippen molar-refractivity contribution < 1.29 is 9.15 Å². The van der Waals surface area contributed by atoms with Gasteiger partial charge in [-0.05, 0) is 54.4 Å². The monoisotopic (exact) mass is 550 g/mol. The number of nitriles is 1. The molecule has 5 aromatic rings. The second kappa shape index (κ2) is 11.6. The summed E-state index contributed by atoms with van der Waals surface area (Å²) in [7, 11) is 0. The molecule has 0 N–H and O–H groups in total. The molecule has 0 radical (unpaired) electrons. The molecular weight excluding hydrogens is 531 g/mol. The van der Waals surface area contributed by atoms with E-state index in [4.69, 9.17) is 44.0 Å². The Balaban J connectivity index is 0.00000156. The number of hydrogen-bond acceptors (Lipinski definition) is 6. The lowest BCUT2D eigenvalue weighted by atomic mass is 10.0. The van der Waals surface area contributed by atoms with Crippen LogP contribution in [0.15, 0.2) is 65.1 Å². The van der Waals surface area contributed by atoms with Gasteiger partial charge in [-0.2, -0.15) is 5.26 Å². The van der Waals surface area contributed by atoms with E-state index in [1.165, 1.54) is 0 Å². The smallest absolute Gasteiger partial charge is 0.250 e. The average molecular weight is 552 g/mol. The third kappa shape index (κ3) is 5.86. The molecule has 3 aromatic carbocycles. The van der Waals surface area contributed by atoms with Crippen LogP contribution in [-0.2, 0) is 6.42 Å². The second-order valence-corrected chi connectivity index (χ2v) is 8.95. The molecule has 0 aliphatic carbocycles. The SMILES string of the molecule is CC.Cc1c(Cc2nnc(-c3cc4ccccc4nc3Cl)o2)ccc(Cl)c1Oc1cc(Cl)cc(C#N)c1. The van der Waals surface area contributed by atoms with Crippen molar-refractivity contribution in [2.45, 2.75) is 27.2 Å². The summed E-state index contributed by atoms with van der Waals surface area (Å²) in [6.07, 6.45) is 0.351. The Hall–Kier alpha value is -3.63. The van der Waals surface area contributed by atoms with Crippen LogP contribution in [0.25, 0.3) is 22.4 Å². The molecule has 0 unspecified atom stereocenters. The Morgan fingerprint density at radius 1 is 0.973 bits per heavy atom. The molecule has 186 valence electrons. The van der Waals surface area contributed by atoms with Crippen molar-refractivity contribution in [1.82, 2.24) is 15.2 Å². The van der Waals surface area contributed by atoms with Crippen LogP contribution in [0.1, 0.15) is 36.4 Å². The highest BCUT2D eigenvalue weighted by atomic mass is 35.5. The van der Waals surface area contributed by atoms with Crippen molar-refractivity contribution in [3.63, 3.8) is 0 Å². The maximum atomic E-state index is 9.20. The Labute approximate surface area is 229 Å². The highest BCUT2D eigenvalue weighted by Crippen LogP contribution is 2.37. The molecule has 0 saturated carbocycles. The van der Waals surface area contributed by atoms with E-state index in [-0.39, 0.29) is 11.0 Å². The average Bonchev–Trinajstić information content (AvgIpc) is 3.37. The number of fused-ring (bicyclic) bond motifs is 1. The molecule has 0 bridgehead atoms. The van der Waals surface area contributed by atoms with Crippen LogP contribution in [0.5, 0.6) is 11.5 Å². The maximum absolute atomic E-state index is 9.20. The minimum Gasteiger partial charge on any atom is -0.455 e. The molecule has 2 aromatic heterocycles. The van der Waals surface area contributed by atoms with Gasteiger partial charge in [-0.15, -0.1) is 10.2 Å². The van der Waals surface area contributed by atoms with Crippen molar-refractivity contribution in [2.24, 2.45) is 0 Å². The summed E-state index contributed by atoms with van der Waals surface area (Å²) in [6.45, 7) is 5.88. The van der Waals surface area contributed by atoms with E-state index in [9.17, 15) is 5.26 Å². The van der Waals surface area contributed by atoms with Crippen LogP contribution >= 0.6 is 34.8 Å². The number of aromatic nitrogens is 3. The minimum absolute atomic E-state index is 0.286. The van der Waals surface area contributed by atoms with Crippen molar-refractivity contribution in [3.05, 3.63) is 98.4 Å². The summed E-state index contributed by atoms with van der Waals surface area (Å²) in [6, 6.07) is 20.0. The van der Waals surface area contributed by atoms with Crippen LogP contribution in [-0.4, -0.2) is 15.2 Å². The van der Waals surface area contributed by atoms with Crippen LogP contribution in [0.4, 0.5) is 0 Å². The zero-order valence-electron chi connectivity index (χ0n) is 20.2. The highest BCUT2D eigenvalue weighted by Gasteiger charge is 2.18. The Kier molecular flexibility index (Phi) is 8.30. The van der Waals surface area contributed by atoms with Crippen molar-refractivity contribution in [1.29, 1.82) is 5.26 Å². The topological polar surface area (TPSA) is 84.8 Å². The Bertz CT molecular complexity index is 1630. The van der Waals surface area contributed by atoms with E-state index < -0.39 is 0 Å². The van der Waals surface area contributed by atoms with Gasteiger partial charge >= 0.3 is 0 Å². The van der Waals surface area contributed by atoms with Crippen LogP contribution in [0, 0.1) is 18.3 Å². The standard InChI is InChI=1S/C26H15Cl3N4O2.C2H6/c1-14-16(6-7-21(28)24(14)34-19-9-15(13-30)8-18(27)12-19)11-23-32-33-26(35-23)20-10-17-4-2-3-5-22(17)31-25(20)29;1-2/h2-10,12H,11H2,1H3;1-2H3. The summed E-state index contributed by atoms with van der Waals surface area (Å²) in [4.78, 5) is 4.42. The molecule has 37 heavy (non-hydrogen) atoms. The highest BCUT2D eigenvalue weighted by molar-refractivity contribution is 6.32. The van der Waals surface area contributed by atoms with Crippen molar-refractivity contribution >= 4 is 45.7 Å². The maximum Gasteiger partial charge on any atom is 0.250 e. The van der Waals surface area contributed by atoms with Crippen LogP contribution in [0.2, 0.25) is 15.2 Å². The predicted molar refractivity (Wildman–Crippen MR) is 147 cm³/mol. The van der Waals surface area contributed by atoms with Crippen molar-refractivity contribution in [2.75, 3.05) is 0 Å². The fraction of sp³-hybridized carbons (Fsp3) is 0.143. The molecule has 0 aliphatic heterocycles. The third-order valence-electron chi connectivity index (χ3n) is 5.41. The summed E-state index contributed by atoms with van der Waals surface area (Å²) in [5, 5.41) is 19.6. The van der Waals surface area contributed by atoms with Gasteiger partial charge in [0.15, 0.2) is 0 Å². The molecule has 0 saturated heterocycles. The minimum atomic E-state index is 0.286. The summed E-state index contributed by atoms with van der Waals surface area (Å²) < 4.78 is 11.9. The second-order valence-electron chi connectivity index (χ2n) is 7.75. The van der Waals surface area contributed by atoms with Gasteiger partial charge in [0.1, 0.15) is 16.7 Å². The number of hydrogen-bond donors (Lipinski definition) is 0. The van der Waals surface area contributed by atoms with Gasteiger partial charge in [-0.3, -0.25) is 0 Å². The van der Waals surface area contributed by atoms with Gasteiger partial charge in [0.25, 0.3) is 5.89 Å². The number of para-hydroxylation sites is 1. The summed E-state index contributed by atoms with van der Waals surface area (Å²) in [5.74, 6) is 1.55. The number of ether oxygens (including phenoxy) is 1. The fourth-order valence-electron chi connectivity index (χ4n) is 3.66. The van der Waals surface area contributed by atoms with Gasteiger partial charge in [0, 0.05) is 10.4 Å². The summed E-state index contributed by atoms with van der Waals surface area (Å²) >= 11 is 18.9. The molecule has 0 amide bonds. The first-order chi connectivity index (χ1) is 17.9. The zero-order chi connectivity index (χ0) is 26.5. The molecular formula is C28H21Cl3N4O2. The quantitative estimate of drug-likeness (QED) is 0.203. The van der Waals surface area contributed by atoms with Crippen LogP contribution in [0.3, 0.4) is 0 Å². The fourth-order valence-corrected chi connectivity index (χ4v) is 4.35. The Morgan fingerprint density at radius 2 is 1.76 bits per heavy atom. The van der Waals surface area contributed by atoms with E-state index in [1.54, 1.807) is 24.3 Å². The Morgan fingerprint density at radius 3 is 2.54 bits per heavy atom. The third-order valence-corrected chi connectivity index (χ3v) is 6.21. The van der Waals surface area contributed by atoms with E-state index in [1.807, 2.05) is 57.2 Å². The first-order valence-electron chi connectivity index (χ1n) is 11.5. The first-order valence-corrected chi connectivity index (χ1v) is 12.6. The van der Waals surface area contributed by atoms with E-state index in [0.717, 1.165) is 22.0 Å². The number of benzene rings is 3. The van der Waals surface area contributed by atoms with E-state index in [2.05, 4.69) is 21.3 Å². The largest absolute Gasteiger partial charge is 0.455 e. The molecule has 0 atom stereocenters. The van der Waals surface area contributed by atoms with E-state index in [0.29, 0.717) is 45.0 Å². The molecule has 0 fully saturated rings. The molecule has 6 nitrogen and oxygen atoms in total. The molecule has 0 aliphatic rings. The summed E-state index contributed by atoms with van der Waals surface area (Å²) in [5.41, 5.74) is 3.41. The van der Waals surface area contributed by atoms with Gasteiger partial charge in [-0.1, -0.05) is 72.9 Å². The normalized spacial score (nSPS) is 10.5. The molecule has 9 heteroatoms. The lowest BCUT2D eigenvalue weighted by molar-refractivity contribution is 0.477. The zero-order valence-corrected chi connectivity index (χ0v) is 22.5. The lowest BCUT2D eigenvalue weighted by Crippen LogP contribution is -1.97. The van der Waals surface area contributed by atoms with Crippen molar-refractivity contribution in [3.8, 4) is 29.0 Å². The predicted octanol–water partition coefficient (Wildman–Crippen LogP) is 8.83. The number of halogens is 3. The van der Waals surface area contributed by atoms with Gasteiger partial charge in [0.05, 0.1) is 34.2 Å². The lowest BCUT2D eigenvalue weighted by Gasteiger charge is -2.14. The number of rotatable bonds is 5. The first kappa shape index (κ1) is 26.4. The number of nitrogens with zero attached hydrogens (tertiary/aromatic N) is 4. The van der Waals surface area contributed by atoms with Gasteiger partial charge in [-0.25, -0.2) is 4.98 Å². The molecule has 2 heterocycles. The number of pyridine rings is 1. The molecule has 0 spiro atoms. The molecule has 5 rings (SSSR count). The van der Waals surface area contributed by atoms with E-state index >= 15 is 0 Å². The van der Waals surface area contributed by atoms with Gasteiger partial charge < -0.3 is 9.15 Å².